The van der Waals surface area contributed by atoms with E-state index < -0.39 is 0 Å². The monoisotopic (exact) mass is 716 g/mol. The van der Waals surface area contributed by atoms with Crippen LogP contribution in [0.1, 0.15) is 56.3 Å². The molecule has 3 fully saturated rings. The van der Waals surface area contributed by atoms with Crippen LogP contribution < -0.4 is 14.8 Å². The number of rotatable bonds is 12. The van der Waals surface area contributed by atoms with Crippen LogP contribution in [-0.4, -0.2) is 75.8 Å². The Morgan fingerprint density at radius 2 is 1.54 bits per heavy atom. The predicted molar refractivity (Wildman–Crippen MR) is 193 cm³/mol. The van der Waals surface area contributed by atoms with Gasteiger partial charge in [-0.05, 0) is 44.4 Å². The van der Waals surface area contributed by atoms with E-state index in [1.807, 2.05) is 36.4 Å². The number of hydrogen-bond donors (Lipinski definition) is 2. The van der Waals surface area contributed by atoms with E-state index in [-0.39, 0.29) is 24.0 Å². The molecule has 0 radical (unpaired) electrons. The fourth-order valence-corrected chi connectivity index (χ4v) is 8.71. The van der Waals surface area contributed by atoms with Crippen molar-refractivity contribution in [3.05, 3.63) is 70.2 Å². The molecule has 1 aliphatic carbocycles. The maximum absolute atomic E-state index is 11.5. The number of aryl methyl sites for hydroxylation is 1. The number of likely N-dealkylation sites (tertiary alicyclic amines) is 1. The number of aliphatic hydroxyl groups is 1. The van der Waals surface area contributed by atoms with Crippen molar-refractivity contribution in [2.45, 2.75) is 64.0 Å². The number of hydrogen-bond acceptors (Lipinski definition) is 9. The molecular weight excluding hydrogens is 675 g/mol. The van der Waals surface area contributed by atoms with Crippen LogP contribution in [0.15, 0.2) is 48.8 Å². The zero-order valence-electron chi connectivity index (χ0n) is 28.4. The molecule has 2 saturated heterocycles. The van der Waals surface area contributed by atoms with E-state index in [2.05, 4.69) is 10.2 Å². The van der Waals surface area contributed by atoms with Gasteiger partial charge in [-0.15, -0.1) is 0 Å². The quantitative estimate of drug-likeness (QED) is 0.163. The Kier molecular flexibility index (Phi) is 10.2. The van der Waals surface area contributed by atoms with Crippen molar-refractivity contribution in [3.63, 3.8) is 0 Å². The van der Waals surface area contributed by atoms with Gasteiger partial charge in [0.2, 0.25) is 17.7 Å². The second-order valence-electron chi connectivity index (χ2n) is 13.7. The van der Waals surface area contributed by atoms with Crippen LogP contribution in [0, 0.1) is 11.3 Å². The van der Waals surface area contributed by atoms with Gasteiger partial charge in [-0.1, -0.05) is 66.0 Å². The largest absolute Gasteiger partial charge is 0.480 e. The second-order valence-corrected chi connectivity index (χ2v) is 14.5. The zero-order chi connectivity index (χ0) is 34.8. The third-order valence-corrected chi connectivity index (χ3v) is 11.5. The molecule has 2 aliphatic heterocycles. The van der Waals surface area contributed by atoms with Crippen molar-refractivity contribution in [3.8, 4) is 45.4 Å². The number of amides is 1. The summed E-state index contributed by atoms with van der Waals surface area (Å²) in [4.78, 5) is 33.0. The Hall–Kier alpha value is -3.83. The number of carbonyl (C=O) groups is 1. The van der Waals surface area contributed by atoms with E-state index in [4.69, 9.17) is 52.6 Å². The lowest BCUT2D eigenvalue weighted by Gasteiger charge is -2.26. The fraction of sp³-hybridized carbons (Fsp3) is 0.447. The number of nitrogens with zero attached hydrogens (tertiary/aromatic N) is 5. The van der Waals surface area contributed by atoms with Crippen molar-refractivity contribution in [2.24, 2.45) is 11.3 Å². The lowest BCUT2D eigenvalue weighted by molar-refractivity contribution is -0.119. The maximum atomic E-state index is 11.5. The Morgan fingerprint density at radius 3 is 2.12 bits per heavy atom. The van der Waals surface area contributed by atoms with Crippen LogP contribution >= 0.6 is 23.2 Å². The van der Waals surface area contributed by atoms with E-state index in [1.54, 1.807) is 26.6 Å². The number of aromatic nitrogens is 4. The van der Waals surface area contributed by atoms with Crippen LogP contribution in [0.2, 0.25) is 10.0 Å². The highest BCUT2D eigenvalue weighted by Gasteiger charge is 2.49. The first-order valence-electron chi connectivity index (χ1n) is 17.3. The second kappa shape index (κ2) is 14.8. The molecule has 7 rings (SSSR count). The standard InChI is InChI=1S/C38H42Cl2N6O4/c1-49-36-29(13-3-8-24-14-15-33(48)43-24)41-17-30(44-36)27-11-4-9-25(34(27)39)26-10-5-12-28(35(26)40)31-18-42-32(37(45-31)50-2)20-46-19-23-7-6-16-38(23,21-46)22-47/h4-5,9-12,17-18,23-24,47H,3,6-8,13-16,19-22H2,1-2H3,(H,43,48)/t23-,24+,38+/m0/s1. The summed E-state index contributed by atoms with van der Waals surface area (Å²) >= 11 is 14.2. The molecule has 262 valence electrons. The smallest absolute Gasteiger partial charge is 0.237 e. The molecule has 10 nitrogen and oxygen atoms in total. The Morgan fingerprint density at radius 1 is 0.920 bits per heavy atom. The van der Waals surface area contributed by atoms with Crippen molar-refractivity contribution >= 4 is 29.1 Å². The van der Waals surface area contributed by atoms with Crippen LogP contribution in [0.3, 0.4) is 0 Å². The van der Waals surface area contributed by atoms with E-state index in [1.165, 1.54) is 12.8 Å². The summed E-state index contributed by atoms with van der Waals surface area (Å²) in [6.07, 6.45) is 10.8. The molecule has 1 saturated carbocycles. The topological polar surface area (TPSA) is 123 Å². The van der Waals surface area contributed by atoms with Crippen LogP contribution in [0.25, 0.3) is 33.6 Å². The molecule has 2 N–H and O–H groups in total. The third kappa shape index (κ3) is 6.78. The van der Waals surface area contributed by atoms with E-state index >= 15 is 0 Å². The number of fused-ring (bicyclic) bond motifs is 1. The molecule has 2 aromatic carbocycles. The van der Waals surface area contributed by atoms with Gasteiger partial charge in [0, 0.05) is 59.8 Å². The zero-order valence-corrected chi connectivity index (χ0v) is 29.9. The molecule has 2 aromatic heterocycles. The van der Waals surface area contributed by atoms with Gasteiger partial charge < -0.3 is 19.9 Å². The number of halogens is 2. The number of ether oxygens (including phenoxy) is 2. The Balaban J connectivity index is 1.11. The maximum Gasteiger partial charge on any atom is 0.237 e. The van der Waals surface area contributed by atoms with E-state index in [0.29, 0.717) is 69.6 Å². The summed E-state index contributed by atoms with van der Waals surface area (Å²) in [5, 5.41) is 14.2. The van der Waals surface area contributed by atoms with Crippen LogP contribution in [-0.2, 0) is 17.8 Å². The molecular formula is C38H42Cl2N6O4. The van der Waals surface area contributed by atoms with Crippen molar-refractivity contribution in [1.29, 1.82) is 0 Å². The van der Waals surface area contributed by atoms with Gasteiger partial charge in [0.25, 0.3) is 0 Å². The summed E-state index contributed by atoms with van der Waals surface area (Å²) in [6.45, 7) is 2.65. The summed E-state index contributed by atoms with van der Waals surface area (Å²) in [6, 6.07) is 11.7. The number of methoxy groups -OCH3 is 2. The summed E-state index contributed by atoms with van der Waals surface area (Å²) in [7, 11) is 3.20. The molecule has 4 heterocycles. The number of benzene rings is 2. The molecule has 0 unspecified atom stereocenters. The highest BCUT2D eigenvalue weighted by atomic mass is 35.5. The molecule has 0 bridgehead atoms. The third-order valence-electron chi connectivity index (χ3n) is 10.7. The van der Waals surface area contributed by atoms with Gasteiger partial charge in [-0.25, -0.2) is 9.97 Å². The Bertz CT molecular complexity index is 1890. The summed E-state index contributed by atoms with van der Waals surface area (Å²) in [5.41, 5.74) is 5.62. The van der Waals surface area contributed by atoms with Gasteiger partial charge in [0.15, 0.2) is 0 Å². The fourth-order valence-electron chi connectivity index (χ4n) is 8.06. The lowest BCUT2D eigenvalue weighted by Crippen LogP contribution is -2.31. The minimum absolute atomic E-state index is 0.00592. The van der Waals surface area contributed by atoms with Gasteiger partial charge in [0.05, 0.1) is 54.7 Å². The minimum Gasteiger partial charge on any atom is -0.480 e. The summed E-state index contributed by atoms with van der Waals surface area (Å²) in [5.74, 6) is 1.56. The predicted octanol–water partition coefficient (Wildman–Crippen LogP) is 6.79. The SMILES string of the molecule is COc1nc(-c2cccc(-c3cccc(-c4cnc(CN5C[C@@H]6CCC[C@]6(CO)C5)c(OC)n4)c3Cl)c2Cl)cnc1CCC[C@@H]1CCC(=O)N1. The number of carbonyl (C=O) groups excluding carboxylic acids is 1. The first-order chi connectivity index (χ1) is 24.3. The van der Waals surface area contributed by atoms with Gasteiger partial charge >= 0.3 is 0 Å². The first kappa shape index (κ1) is 34.6. The molecule has 50 heavy (non-hydrogen) atoms. The molecule has 1 amide bonds. The van der Waals surface area contributed by atoms with Gasteiger partial charge in [-0.3, -0.25) is 19.7 Å². The van der Waals surface area contributed by atoms with Gasteiger partial charge in [-0.2, -0.15) is 0 Å². The van der Waals surface area contributed by atoms with Crippen molar-refractivity contribution in [2.75, 3.05) is 33.9 Å². The number of aliphatic hydroxyl groups excluding tert-OH is 1. The Labute approximate surface area is 302 Å². The van der Waals surface area contributed by atoms with E-state index in [0.717, 1.165) is 61.3 Å². The summed E-state index contributed by atoms with van der Waals surface area (Å²) < 4.78 is 11.4. The minimum atomic E-state index is 0.00592. The molecule has 3 atom stereocenters. The highest BCUT2D eigenvalue weighted by molar-refractivity contribution is 6.39. The highest BCUT2D eigenvalue weighted by Crippen LogP contribution is 2.49. The average Bonchev–Trinajstić information content (AvgIpc) is 3.83. The number of nitrogens with one attached hydrogen (secondary N) is 1. The van der Waals surface area contributed by atoms with Crippen LogP contribution in [0.4, 0.5) is 0 Å². The first-order valence-corrected chi connectivity index (χ1v) is 18.1. The lowest BCUT2D eigenvalue weighted by atomic mass is 9.82. The normalized spacial score (nSPS) is 21.7. The molecule has 3 aliphatic rings. The molecule has 4 aromatic rings. The van der Waals surface area contributed by atoms with Gasteiger partial charge in [0.1, 0.15) is 11.4 Å². The van der Waals surface area contributed by atoms with Crippen molar-refractivity contribution < 1.29 is 19.4 Å². The molecule has 12 heteroatoms. The molecule has 0 spiro atoms. The van der Waals surface area contributed by atoms with E-state index in [9.17, 15) is 9.90 Å². The average molecular weight is 718 g/mol. The van der Waals surface area contributed by atoms with Crippen molar-refractivity contribution in [1.82, 2.24) is 30.2 Å². The van der Waals surface area contributed by atoms with Crippen LogP contribution in [0.5, 0.6) is 11.8 Å².